The topological polar surface area (TPSA) is 66.8 Å². The molecular formula is C12H19NO4S2. The molecule has 1 fully saturated rings. The molecule has 1 aromatic rings. The summed E-state index contributed by atoms with van der Waals surface area (Å²) in [5, 5.41) is 8.89. The van der Waals surface area contributed by atoms with Gasteiger partial charge in [-0.05, 0) is 18.6 Å². The van der Waals surface area contributed by atoms with Crippen molar-refractivity contribution in [1.29, 1.82) is 0 Å². The first-order chi connectivity index (χ1) is 9.09. The molecule has 0 spiro atoms. The molecule has 1 aliphatic heterocycles. The zero-order valence-electron chi connectivity index (χ0n) is 10.9. The highest BCUT2D eigenvalue weighted by atomic mass is 32.2. The van der Waals surface area contributed by atoms with Gasteiger partial charge in [0.15, 0.2) is 0 Å². The molecule has 0 aromatic carbocycles. The van der Waals surface area contributed by atoms with Crippen molar-refractivity contribution < 1.29 is 18.3 Å². The molecule has 5 nitrogen and oxygen atoms in total. The van der Waals surface area contributed by atoms with Gasteiger partial charge in [-0.25, -0.2) is 8.42 Å². The number of ether oxygens (including phenoxy) is 1. The predicted octanol–water partition coefficient (Wildman–Crippen LogP) is 1.08. The van der Waals surface area contributed by atoms with E-state index < -0.39 is 10.0 Å². The average Bonchev–Trinajstić information content (AvgIpc) is 2.88. The molecule has 0 amide bonds. The summed E-state index contributed by atoms with van der Waals surface area (Å²) in [6, 6.07) is 3.32. The quantitative estimate of drug-likeness (QED) is 0.884. The third-order valence-electron chi connectivity index (χ3n) is 3.20. The Balaban J connectivity index is 2.24. The second-order valence-corrected chi connectivity index (χ2v) is 7.73. The van der Waals surface area contributed by atoms with Gasteiger partial charge >= 0.3 is 0 Å². The van der Waals surface area contributed by atoms with Gasteiger partial charge in [0.1, 0.15) is 4.21 Å². The van der Waals surface area contributed by atoms with Crippen molar-refractivity contribution in [1.82, 2.24) is 4.31 Å². The molecule has 1 unspecified atom stereocenters. The fraction of sp³-hybridized carbons (Fsp3) is 0.667. The third kappa shape index (κ3) is 3.17. The summed E-state index contributed by atoms with van der Waals surface area (Å²) in [6.07, 6.45) is 1.24. The molecule has 1 atom stereocenters. The molecule has 1 saturated heterocycles. The number of morpholine rings is 1. The lowest BCUT2D eigenvalue weighted by Gasteiger charge is -2.33. The van der Waals surface area contributed by atoms with Crippen LogP contribution >= 0.6 is 11.3 Å². The van der Waals surface area contributed by atoms with Crippen LogP contribution in [-0.4, -0.2) is 50.2 Å². The van der Waals surface area contributed by atoms with E-state index in [1.807, 2.05) is 6.92 Å². The second-order valence-electron chi connectivity index (χ2n) is 4.45. The summed E-state index contributed by atoms with van der Waals surface area (Å²) in [4.78, 5) is 0.891. The first-order valence-electron chi connectivity index (χ1n) is 6.38. The van der Waals surface area contributed by atoms with Gasteiger partial charge in [-0.3, -0.25) is 0 Å². The molecule has 0 bridgehead atoms. The first-order valence-corrected chi connectivity index (χ1v) is 8.64. The summed E-state index contributed by atoms with van der Waals surface area (Å²) in [7, 11) is -3.43. The molecular weight excluding hydrogens is 286 g/mol. The normalized spacial score (nSPS) is 21.7. The molecule has 0 saturated carbocycles. The van der Waals surface area contributed by atoms with Crippen LogP contribution in [0.5, 0.6) is 0 Å². The first kappa shape index (κ1) is 14.9. The number of aliphatic hydroxyl groups excluding tert-OH is 1. The largest absolute Gasteiger partial charge is 0.396 e. The number of hydrogen-bond donors (Lipinski definition) is 1. The van der Waals surface area contributed by atoms with E-state index in [1.165, 1.54) is 11.3 Å². The van der Waals surface area contributed by atoms with Crippen LogP contribution in [-0.2, 0) is 21.2 Å². The minimum atomic E-state index is -3.43. The Kier molecular flexibility index (Phi) is 4.97. The van der Waals surface area contributed by atoms with Gasteiger partial charge < -0.3 is 9.84 Å². The van der Waals surface area contributed by atoms with Crippen LogP contribution in [0.25, 0.3) is 0 Å². The fourth-order valence-corrected chi connectivity index (χ4v) is 5.28. The molecule has 2 rings (SSSR count). The van der Waals surface area contributed by atoms with E-state index in [-0.39, 0.29) is 12.6 Å². The molecule has 2 heterocycles. The lowest BCUT2D eigenvalue weighted by Crippen LogP contribution is -2.48. The Morgan fingerprint density at radius 3 is 3.00 bits per heavy atom. The summed E-state index contributed by atoms with van der Waals surface area (Å²) in [5.41, 5.74) is 0. The van der Waals surface area contributed by atoms with Crippen molar-refractivity contribution in [2.45, 2.75) is 30.0 Å². The maximum absolute atomic E-state index is 12.6. The van der Waals surface area contributed by atoms with Crippen molar-refractivity contribution in [3.05, 3.63) is 17.0 Å². The monoisotopic (exact) mass is 305 g/mol. The predicted molar refractivity (Wildman–Crippen MR) is 73.9 cm³/mol. The molecule has 0 aliphatic carbocycles. The van der Waals surface area contributed by atoms with Crippen LogP contribution in [0.15, 0.2) is 16.3 Å². The van der Waals surface area contributed by atoms with Gasteiger partial charge in [0.05, 0.1) is 13.2 Å². The van der Waals surface area contributed by atoms with E-state index in [2.05, 4.69) is 0 Å². The van der Waals surface area contributed by atoms with E-state index in [0.29, 0.717) is 30.4 Å². The van der Waals surface area contributed by atoms with Crippen LogP contribution < -0.4 is 0 Å². The highest BCUT2D eigenvalue weighted by Crippen LogP contribution is 2.28. The van der Waals surface area contributed by atoms with E-state index in [0.717, 1.165) is 11.3 Å². The maximum Gasteiger partial charge on any atom is 0.252 e. The molecule has 0 radical (unpaired) electrons. The molecule has 1 N–H and O–H groups in total. The summed E-state index contributed by atoms with van der Waals surface area (Å²) in [5.74, 6) is 0. The van der Waals surface area contributed by atoms with Crippen molar-refractivity contribution >= 4 is 21.4 Å². The summed E-state index contributed by atoms with van der Waals surface area (Å²) >= 11 is 1.24. The molecule has 19 heavy (non-hydrogen) atoms. The number of thiophene rings is 1. The van der Waals surface area contributed by atoms with Gasteiger partial charge in [0.2, 0.25) is 0 Å². The number of nitrogens with zero attached hydrogens (tertiary/aromatic N) is 1. The van der Waals surface area contributed by atoms with E-state index in [9.17, 15) is 8.42 Å². The Bertz CT molecular complexity index is 512. The third-order valence-corrected chi connectivity index (χ3v) is 6.77. The Labute approximate surface area is 117 Å². The van der Waals surface area contributed by atoms with Crippen molar-refractivity contribution in [2.75, 3.05) is 26.4 Å². The highest BCUT2D eigenvalue weighted by molar-refractivity contribution is 7.91. The Hall–Kier alpha value is -0.470. The SMILES string of the molecule is CCC1COCCN1S(=O)(=O)c1ccc(CCO)s1. The van der Waals surface area contributed by atoms with E-state index in [1.54, 1.807) is 16.4 Å². The van der Waals surface area contributed by atoms with Gasteiger partial charge in [-0.2, -0.15) is 4.31 Å². The van der Waals surface area contributed by atoms with Gasteiger partial charge in [0, 0.05) is 30.5 Å². The van der Waals surface area contributed by atoms with E-state index in [4.69, 9.17) is 9.84 Å². The molecule has 1 aliphatic rings. The molecule has 108 valence electrons. The molecule has 7 heteroatoms. The van der Waals surface area contributed by atoms with Crippen molar-refractivity contribution in [2.24, 2.45) is 0 Å². The van der Waals surface area contributed by atoms with Crippen LogP contribution in [0.2, 0.25) is 0 Å². The average molecular weight is 305 g/mol. The van der Waals surface area contributed by atoms with Crippen LogP contribution in [0, 0.1) is 0 Å². The van der Waals surface area contributed by atoms with Crippen molar-refractivity contribution in [3.8, 4) is 0 Å². The van der Waals surface area contributed by atoms with Crippen LogP contribution in [0.3, 0.4) is 0 Å². The summed E-state index contributed by atoms with van der Waals surface area (Å²) in [6.45, 7) is 3.33. The van der Waals surface area contributed by atoms with Gasteiger partial charge in [0.25, 0.3) is 10.0 Å². The lowest BCUT2D eigenvalue weighted by molar-refractivity contribution is 0.0315. The van der Waals surface area contributed by atoms with Crippen LogP contribution in [0.1, 0.15) is 18.2 Å². The zero-order valence-corrected chi connectivity index (χ0v) is 12.5. The van der Waals surface area contributed by atoms with Gasteiger partial charge in [-0.15, -0.1) is 11.3 Å². The number of sulfonamides is 1. The molecule has 1 aromatic heterocycles. The summed E-state index contributed by atoms with van der Waals surface area (Å²) < 4.78 is 32.4. The fourth-order valence-electron chi connectivity index (χ4n) is 2.13. The number of aliphatic hydroxyl groups is 1. The van der Waals surface area contributed by atoms with Gasteiger partial charge in [-0.1, -0.05) is 6.92 Å². The minimum absolute atomic E-state index is 0.0368. The van der Waals surface area contributed by atoms with Crippen LogP contribution in [0.4, 0.5) is 0 Å². The highest BCUT2D eigenvalue weighted by Gasteiger charge is 2.33. The number of hydrogen-bond acceptors (Lipinski definition) is 5. The second kappa shape index (κ2) is 6.32. The Morgan fingerprint density at radius 1 is 1.53 bits per heavy atom. The van der Waals surface area contributed by atoms with E-state index >= 15 is 0 Å². The lowest BCUT2D eigenvalue weighted by atomic mass is 10.2. The minimum Gasteiger partial charge on any atom is -0.396 e. The maximum atomic E-state index is 12.6. The Morgan fingerprint density at radius 2 is 2.32 bits per heavy atom. The number of rotatable bonds is 5. The zero-order chi connectivity index (χ0) is 13.9. The smallest absolute Gasteiger partial charge is 0.252 e. The van der Waals surface area contributed by atoms with Crippen molar-refractivity contribution in [3.63, 3.8) is 0 Å². The standard InChI is InChI=1S/C12H19NO4S2/c1-2-10-9-17-8-6-13(10)19(15,16)12-4-3-11(18-12)5-7-14/h3-4,10,14H,2,5-9H2,1H3.